The molecule has 0 unspecified atom stereocenters. The largest absolute Gasteiger partial charge is 0.393 e. The minimum absolute atomic E-state index is 0.0293. The predicted octanol–water partition coefficient (Wildman–Crippen LogP) is 9.22. The van der Waals surface area contributed by atoms with Crippen LogP contribution in [0.4, 0.5) is 8.78 Å². The second kappa shape index (κ2) is 10.5. The molecule has 0 radical (unpaired) electrons. The molecular formula is C34H52F2O. The van der Waals surface area contributed by atoms with Gasteiger partial charge in [-0.15, -0.1) is 0 Å². The first-order valence-electron chi connectivity index (χ1n) is 15.7. The fourth-order valence-corrected chi connectivity index (χ4v) is 10.8. The van der Waals surface area contributed by atoms with Gasteiger partial charge >= 0.3 is 0 Å². The molecular weight excluding hydrogens is 462 g/mol. The molecule has 0 heterocycles. The highest BCUT2D eigenvalue weighted by Crippen LogP contribution is 2.69. The lowest BCUT2D eigenvalue weighted by Crippen LogP contribution is -2.57. The van der Waals surface area contributed by atoms with Crippen molar-refractivity contribution in [2.24, 2.45) is 58.2 Å². The monoisotopic (exact) mass is 514 g/mol. The molecule has 1 aromatic rings. The number of aliphatic hydroxyl groups is 1. The molecule has 4 saturated carbocycles. The van der Waals surface area contributed by atoms with Gasteiger partial charge in [-0.05, 0) is 128 Å². The van der Waals surface area contributed by atoms with Crippen molar-refractivity contribution < 1.29 is 13.9 Å². The zero-order chi connectivity index (χ0) is 26.5. The molecule has 5 rings (SSSR count). The number of aliphatic hydroxyl groups excluding tert-OH is 1. The van der Waals surface area contributed by atoms with Crippen LogP contribution < -0.4 is 0 Å². The van der Waals surface area contributed by atoms with Crippen molar-refractivity contribution in [3.8, 4) is 0 Å². The highest BCUT2D eigenvalue weighted by atomic mass is 19.2. The molecule has 1 nitrogen and oxygen atoms in total. The van der Waals surface area contributed by atoms with Crippen LogP contribution in [-0.4, -0.2) is 11.2 Å². The van der Waals surface area contributed by atoms with Gasteiger partial charge in [0.15, 0.2) is 11.6 Å². The molecule has 0 amide bonds. The van der Waals surface area contributed by atoms with Gasteiger partial charge in [0.2, 0.25) is 0 Å². The smallest absolute Gasteiger partial charge is 0.162 e. The molecule has 4 aliphatic carbocycles. The molecule has 0 aliphatic heterocycles. The van der Waals surface area contributed by atoms with Crippen molar-refractivity contribution in [2.45, 2.75) is 118 Å². The van der Waals surface area contributed by atoms with E-state index in [4.69, 9.17) is 0 Å². The van der Waals surface area contributed by atoms with E-state index < -0.39 is 17.7 Å². The maximum absolute atomic E-state index is 14.6. The van der Waals surface area contributed by atoms with Crippen LogP contribution in [-0.2, 0) is 6.42 Å². The summed E-state index contributed by atoms with van der Waals surface area (Å²) in [4.78, 5) is 0. The standard InChI is InChI=1S/C34H52F2O/c1-21(2)8-6-9-22(3)26-14-15-27-24-12-13-28-25(20-23-10-7-11-30(35)32(23)36)31(37)17-19-34(28,5)29(24)16-18-33(26,27)4/h7,10-11,21-22,24-29,31,37H,6,8-9,12-20H2,1-5H3/t22-,24+,25+,26-,27+,28+,29+,31+,33-,34+/m1/s1. The SMILES string of the molecule is CC(C)CCC[C@@H](C)[C@H]1CC[C@H]2[C@@H]3CC[C@H]4[C@H](Cc5cccc(F)c5F)[C@@H](O)CC[C@]4(C)[C@H]3CC[C@]12C. The highest BCUT2D eigenvalue weighted by Gasteiger charge is 2.61. The van der Waals surface area contributed by atoms with Gasteiger partial charge in [-0.2, -0.15) is 0 Å². The maximum atomic E-state index is 14.6. The first kappa shape index (κ1) is 27.6. The van der Waals surface area contributed by atoms with E-state index >= 15 is 0 Å². The Morgan fingerprint density at radius 3 is 2.32 bits per heavy atom. The zero-order valence-corrected chi connectivity index (χ0v) is 24.1. The Hall–Kier alpha value is -0.960. The molecule has 4 aliphatic rings. The van der Waals surface area contributed by atoms with E-state index in [1.807, 2.05) is 0 Å². The van der Waals surface area contributed by atoms with Crippen molar-refractivity contribution >= 4 is 0 Å². The maximum Gasteiger partial charge on any atom is 0.162 e. The Morgan fingerprint density at radius 2 is 1.57 bits per heavy atom. The minimum atomic E-state index is -0.768. The summed E-state index contributed by atoms with van der Waals surface area (Å²) in [5.41, 5.74) is 1.13. The second-order valence-electron chi connectivity index (χ2n) is 14.8. The Kier molecular flexibility index (Phi) is 7.87. The summed E-state index contributed by atoms with van der Waals surface area (Å²) in [7, 11) is 0. The normalized spacial score (nSPS) is 42.2. The fourth-order valence-electron chi connectivity index (χ4n) is 10.8. The third kappa shape index (κ3) is 4.82. The highest BCUT2D eigenvalue weighted by molar-refractivity contribution is 5.21. The number of halogens is 2. The fraction of sp³-hybridized carbons (Fsp3) is 0.824. The molecule has 37 heavy (non-hydrogen) atoms. The van der Waals surface area contributed by atoms with E-state index in [2.05, 4.69) is 34.6 Å². The van der Waals surface area contributed by atoms with Crippen molar-refractivity contribution in [1.82, 2.24) is 0 Å². The third-order valence-corrected chi connectivity index (χ3v) is 12.6. The average Bonchev–Trinajstić information content (AvgIpc) is 3.21. The first-order chi connectivity index (χ1) is 17.6. The van der Waals surface area contributed by atoms with E-state index in [1.165, 1.54) is 57.4 Å². The van der Waals surface area contributed by atoms with Gasteiger partial charge in [0.25, 0.3) is 0 Å². The number of fused-ring (bicyclic) bond motifs is 5. The molecule has 0 bridgehead atoms. The Labute approximate surface area is 225 Å². The molecule has 208 valence electrons. The van der Waals surface area contributed by atoms with Crippen molar-refractivity contribution in [3.63, 3.8) is 0 Å². The lowest BCUT2D eigenvalue weighted by atomic mass is 9.42. The third-order valence-electron chi connectivity index (χ3n) is 12.6. The van der Waals surface area contributed by atoms with Gasteiger partial charge < -0.3 is 5.11 Å². The Morgan fingerprint density at radius 1 is 0.865 bits per heavy atom. The summed E-state index contributed by atoms with van der Waals surface area (Å²) >= 11 is 0. The molecule has 0 saturated heterocycles. The van der Waals surface area contributed by atoms with E-state index in [9.17, 15) is 13.9 Å². The molecule has 4 fully saturated rings. The Balaban J connectivity index is 1.33. The quantitative estimate of drug-likeness (QED) is 0.384. The van der Waals surface area contributed by atoms with Gasteiger partial charge in [-0.25, -0.2) is 8.78 Å². The molecule has 1 aromatic carbocycles. The van der Waals surface area contributed by atoms with Crippen molar-refractivity contribution in [1.29, 1.82) is 0 Å². The van der Waals surface area contributed by atoms with Crippen LogP contribution in [0.25, 0.3) is 0 Å². The van der Waals surface area contributed by atoms with Crippen LogP contribution in [0.1, 0.15) is 111 Å². The summed E-state index contributed by atoms with van der Waals surface area (Å²) in [6.07, 6.45) is 13.9. The van der Waals surface area contributed by atoms with E-state index in [-0.39, 0.29) is 11.3 Å². The first-order valence-corrected chi connectivity index (χ1v) is 15.7. The molecule has 3 heteroatoms. The topological polar surface area (TPSA) is 20.2 Å². The molecule has 0 aromatic heterocycles. The summed E-state index contributed by atoms with van der Waals surface area (Å²) in [5, 5.41) is 11.1. The van der Waals surface area contributed by atoms with Gasteiger partial charge in [-0.1, -0.05) is 66.0 Å². The van der Waals surface area contributed by atoms with E-state index in [0.717, 1.165) is 48.9 Å². The summed E-state index contributed by atoms with van der Waals surface area (Å²) in [6, 6.07) is 4.53. The minimum Gasteiger partial charge on any atom is -0.393 e. The van der Waals surface area contributed by atoms with Gasteiger partial charge in [0.05, 0.1) is 6.10 Å². The van der Waals surface area contributed by atoms with Crippen LogP contribution >= 0.6 is 0 Å². The summed E-state index contributed by atoms with van der Waals surface area (Å²) in [6.45, 7) is 12.4. The zero-order valence-electron chi connectivity index (χ0n) is 24.1. The lowest BCUT2D eigenvalue weighted by molar-refractivity contribution is -0.152. The molecule has 10 atom stereocenters. The second-order valence-corrected chi connectivity index (χ2v) is 14.8. The number of rotatable bonds is 7. The van der Waals surface area contributed by atoms with Crippen LogP contribution in [0, 0.1) is 69.8 Å². The number of hydrogen-bond donors (Lipinski definition) is 1. The van der Waals surface area contributed by atoms with Gasteiger partial charge in [0.1, 0.15) is 0 Å². The van der Waals surface area contributed by atoms with E-state index in [1.54, 1.807) is 12.1 Å². The van der Waals surface area contributed by atoms with Crippen LogP contribution in [0.5, 0.6) is 0 Å². The molecule has 0 spiro atoms. The van der Waals surface area contributed by atoms with Gasteiger partial charge in [0, 0.05) is 0 Å². The number of benzene rings is 1. The summed E-state index contributed by atoms with van der Waals surface area (Å²) < 4.78 is 28.6. The van der Waals surface area contributed by atoms with E-state index in [0.29, 0.717) is 29.2 Å². The van der Waals surface area contributed by atoms with Crippen LogP contribution in [0.3, 0.4) is 0 Å². The van der Waals surface area contributed by atoms with Crippen molar-refractivity contribution in [3.05, 3.63) is 35.4 Å². The molecule has 1 N–H and O–H groups in total. The summed E-state index contributed by atoms with van der Waals surface area (Å²) in [5.74, 6) is 3.80. The number of hydrogen-bond acceptors (Lipinski definition) is 1. The predicted molar refractivity (Wildman–Crippen MR) is 148 cm³/mol. The lowest BCUT2D eigenvalue weighted by Gasteiger charge is -2.63. The van der Waals surface area contributed by atoms with Crippen LogP contribution in [0.15, 0.2) is 18.2 Å². The van der Waals surface area contributed by atoms with Crippen molar-refractivity contribution in [2.75, 3.05) is 0 Å². The van der Waals surface area contributed by atoms with Crippen LogP contribution in [0.2, 0.25) is 0 Å². The van der Waals surface area contributed by atoms with Gasteiger partial charge in [-0.3, -0.25) is 0 Å². The average molecular weight is 515 g/mol. The Bertz CT molecular complexity index is 944.